The van der Waals surface area contributed by atoms with Crippen LogP contribution >= 0.6 is 0 Å². The molecule has 0 saturated carbocycles. The van der Waals surface area contributed by atoms with Crippen LogP contribution in [0.2, 0.25) is 0 Å². The van der Waals surface area contributed by atoms with E-state index in [1.165, 1.54) is 12.8 Å². The third kappa shape index (κ3) is 5.32. The van der Waals surface area contributed by atoms with Crippen LogP contribution in [0.15, 0.2) is 42.0 Å². The van der Waals surface area contributed by atoms with Gasteiger partial charge in [-0.05, 0) is 0 Å². The van der Waals surface area contributed by atoms with Crippen molar-refractivity contribution < 1.29 is 48.0 Å². The van der Waals surface area contributed by atoms with Crippen molar-refractivity contribution in [2.24, 2.45) is 21.7 Å². The van der Waals surface area contributed by atoms with Crippen LogP contribution in [0, 0.1) is 21.7 Å². The number of rotatable bonds is 4. The Bertz CT molecular complexity index is 601. The minimum atomic E-state index is -0.711. The van der Waals surface area contributed by atoms with Gasteiger partial charge in [0.05, 0.1) is 0 Å². The average Bonchev–Trinajstić information content (AvgIpc) is 3.05. The van der Waals surface area contributed by atoms with Gasteiger partial charge in [0.2, 0.25) is 0 Å². The minimum absolute atomic E-state index is 0. The number of hydrogen-bond acceptors (Lipinski definition) is 0. The topological polar surface area (TPSA) is 0 Å². The summed E-state index contributed by atoms with van der Waals surface area (Å²) in [5.74, 6) is 0. The van der Waals surface area contributed by atoms with Crippen LogP contribution in [0.25, 0.3) is 0 Å². The van der Waals surface area contributed by atoms with E-state index in [1.54, 1.807) is 11.1 Å². The number of halogens is 2. The van der Waals surface area contributed by atoms with Gasteiger partial charge in [0, 0.05) is 0 Å². The first kappa shape index (κ1) is 27.4. The third-order valence-corrected chi connectivity index (χ3v) is 11.1. The van der Waals surface area contributed by atoms with E-state index in [4.69, 9.17) is 0 Å². The van der Waals surface area contributed by atoms with Gasteiger partial charge in [-0.15, -0.1) is 0 Å². The summed E-state index contributed by atoms with van der Waals surface area (Å²) in [6.07, 6.45) is 12.1. The van der Waals surface area contributed by atoms with Crippen molar-refractivity contribution in [3.8, 4) is 0 Å². The minimum Gasteiger partial charge on any atom is -1.00 e. The normalized spacial score (nSPS) is 17.9. The molecular weight excluding hydrogens is 450 g/mol. The molecule has 0 radical (unpaired) electrons. The maximum atomic E-state index is 2.44. The SMILES string of the molecule is CC(C)(C)C(C)(C)C1=[C]([Zr+2][C]2=C(C(C)(C)C(C)(C)C)C=CC2)CC=C1.[Cl-].[Cl-]. The molecule has 0 bridgehead atoms. The van der Waals surface area contributed by atoms with Gasteiger partial charge in [0.15, 0.2) is 0 Å². The molecule has 0 atom stereocenters. The average molecular weight is 489 g/mol. The van der Waals surface area contributed by atoms with Gasteiger partial charge in [-0.3, -0.25) is 0 Å². The Labute approximate surface area is 192 Å². The second-order valence-corrected chi connectivity index (χ2v) is 14.5. The largest absolute Gasteiger partial charge is 1.00 e. The third-order valence-electron chi connectivity index (χ3n) is 7.26. The summed E-state index contributed by atoms with van der Waals surface area (Å²) in [5, 5.41) is 0. The molecule has 27 heavy (non-hydrogen) atoms. The molecule has 0 fully saturated rings. The Morgan fingerprint density at radius 2 is 0.889 bits per heavy atom. The predicted molar refractivity (Wildman–Crippen MR) is 108 cm³/mol. The quantitative estimate of drug-likeness (QED) is 0.565. The molecule has 0 aromatic carbocycles. The molecule has 3 heteroatoms. The van der Waals surface area contributed by atoms with Gasteiger partial charge in [-0.2, -0.15) is 0 Å². The Morgan fingerprint density at radius 3 is 1.15 bits per heavy atom. The molecule has 0 saturated heterocycles. The summed E-state index contributed by atoms with van der Waals surface area (Å²) in [6.45, 7) is 24.1. The Morgan fingerprint density at radius 1 is 0.593 bits per heavy atom. The summed E-state index contributed by atoms with van der Waals surface area (Å²) in [4.78, 5) is 0. The van der Waals surface area contributed by atoms with Crippen molar-refractivity contribution in [3.05, 3.63) is 42.0 Å². The molecule has 0 aromatic heterocycles. The molecule has 0 amide bonds. The summed E-state index contributed by atoms with van der Waals surface area (Å²) >= 11 is -0.711. The van der Waals surface area contributed by atoms with Gasteiger partial charge in [-0.25, -0.2) is 0 Å². The van der Waals surface area contributed by atoms with Crippen LogP contribution < -0.4 is 24.8 Å². The Kier molecular flexibility index (Phi) is 9.20. The van der Waals surface area contributed by atoms with E-state index in [0.717, 1.165) is 0 Å². The number of hydrogen-bond donors (Lipinski definition) is 0. The van der Waals surface area contributed by atoms with Crippen molar-refractivity contribution >= 4 is 0 Å². The van der Waals surface area contributed by atoms with E-state index >= 15 is 0 Å². The molecule has 0 N–H and O–H groups in total. The summed E-state index contributed by atoms with van der Waals surface area (Å²) in [5.41, 5.74) is 4.36. The van der Waals surface area contributed by atoms with E-state index in [2.05, 4.69) is 93.5 Å². The van der Waals surface area contributed by atoms with E-state index in [-0.39, 0.29) is 46.5 Å². The van der Waals surface area contributed by atoms with Crippen molar-refractivity contribution in [2.75, 3.05) is 0 Å². The van der Waals surface area contributed by atoms with E-state index < -0.39 is 23.2 Å². The van der Waals surface area contributed by atoms with Crippen LogP contribution in [0.3, 0.4) is 0 Å². The zero-order valence-corrected chi connectivity index (χ0v) is 22.9. The van der Waals surface area contributed by atoms with E-state index in [1.807, 2.05) is 6.56 Å². The predicted octanol–water partition coefficient (Wildman–Crippen LogP) is 1.65. The standard InChI is InChI=1S/2C12H19.2ClH.Zr/c2*1-11(2,3)12(4,5)10-8-6-7-9-10;;;/h2*6,8H,7H2,1-5H3;2*1H;/q;;;;+2/p-2. The molecule has 2 aliphatic rings. The van der Waals surface area contributed by atoms with Crippen LogP contribution in [-0.2, 0) is 23.2 Å². The molecule has 0 nitrogen and oxygen atoms in total. The van der Waals surface area contributed by atoms with Gasteiger partial charge in [0.1, 0.15) is 0 Å². The number of allylic oxidation sites excluding steroid dienone is 8. The first-order valence-electron chi connectivity index (χ1n) is 9.77. The van der Waals surface area contributed by atoms with Crippen molar-refractivity contribution in [3.63, 3.8) is 0 Å². The molecule has 0 aromatic rings. The fraction of sp³-hybridized carbons (Fsp3) is 0.667. The molecule has 152 valence electrons. The molecule has 0 aliphatic heterocycles. The van der Waals surface area contributed by atoms with Gasteiger partial charge in [-0.1, -0.05) is 0 Å². The first-order valence-corrected chi connectivity index (χ1v) is 12.2. The fourth-order valence-corrected chi connectivity index (χ4v) is 7.99. The zero-order chi connectivity index (χ0) is 19.3. The van der Waals surface area contributed by atoms with Gasteiger partial charge < -0.3 is 24.8 Å². The Balaban J connectivity index is 0.00000338. The first-order chi connectivity index (χ1) is 11.2. The van der Waals surface area contributed by atoms with Crippen LogP contribution in [-0.4, -0.2) is 0 Å². The second kappa shape index (κ2) is 9.06. The molecular formula is C24H38Cl2Zr. The van der Waals surface area contributed by atoms with Gasteiger partial charge >= 0.3 is 169 Å². The summed E-state index contributed by atoms with van der Waals surface area (Å²) in [7, 11) is 0. The molecule has 0 unspecified atom stereocenters. The van der Waals surface area contributed by atoms with Gasteiger partial charge in [0.25, 0.3) is 0 Å². The van der Waals surface area contributed by atoms with Crippen LogP contribution in [0.1, 0.15) is 82.1 Å². The molecule has 0 spiro atoms. The monoisotopic (exact) mass is 486 g/mol. The zero-order valence-electron chi connectivity index (χ0n) is 19.0. The summed E-state index contributed by atoms with van der Waals surface area (Å²) in [6, 6.07) is 0. The summed E-state index contributed by atoms with van der Waals surface area (Å²) < 4.78 is 3.62. The van der Waals surface area contributed by atoms with Crippen LogP contribution in [0.4, 0.5) is 0 Å². The second-order valence-electron chi connectivity index (χ2n) is 10.9. The maximum absolute atomic E-state index is 2.44. The van der Waals surface area contributed by atoms with Crippen molar-refractivity contribution in [1.29, 1.82) is 0 Å². The Hall–Kier alpha value is 0.423. The fourth-order valence-electron chi connectivity index (χ4n) is 3.41. The molecule has 2 rings (SSSR count). The van der Waals surface area contributed by atoms with E-state index in [0.29, 0.717) is 0 Å². The molecule has 2 aliphatic carbocycles. The smallest absolute Gasteiger partial charge is 1.00 e. The molecule has 0 heterocycles. The van der Waals surface area contributed by atoms with Crippen molar-refractivity contribution in [2.45, 2.75) is 82.1 Å². The van der Waals surface area contributed by atoms with Crippen molar-refractivity contribution in [1.82, 2.24) is 0 Å². The van der Waals surface area contributed by atoms with E-state index in [9.17, 15) is 0 Å². The van der Waals surface area contributed by atoms with Crippen LogP contribution in [0.5, 0.6) is 0 Å². The maximum Gasteiger partial charge on any atom is -1.00 e.